The average molecular weight is 217 g/mol. The van der Waals surface area contributed by atoms with Gasteiger partial charge >= 0.3 is 0 Å². The lowest BCUT2D eigenvalue weighted by Gasteiger charge is -2.34. The highest BCUT2D eigenvalue weighted by Gasteiger charge is 2.37. The standard InChI is InChI=1S/C14H19NO/c1-2-7-15-8-6-10-4-3-5-11-13(16)9-12(15)14(10)11/h3-5,12-13,16H,2,6-9H2,1H3. The van der Waals surface area contributed by atoms with Gasteiger partial charge in [0.15, 0.2) is 0 Å². The first kappa shape index (κ1) is 10.3. The van der Waals surface area contributed by atoms with Crippen LogP contribution in [0.1, 0.15) is 48.6 Å². The van der Waals surface area contributed by atoms with E-state index in [0.717, 1.165) is 25.9 Å². The van der Waals surface area contributed by atoms with E-state index in [2.05, 4.69) is 30.0 Å². The van der Waals surface area contributed by atoms with E-state index in [0.29, 0.717) is 6.04 Å². The van der Waals surface area contributed by atoms with E-state index in [1.807, 2.05) is 0 Å². The lowest BCUT2D eigenvalue weighted by molar-refractivity contribution is 0.121. The molecule has 2 nitrogen and oxygen atoms in total. The Morgan fingerprint density at radius 2 is 2.31 bits per heavy atom. The molecule has 16 heavy (non-hydrogen) atoms. The fourth-order valence-corrected chi connectivity index (χ4v) is 3.31. The minimum Gasteiger partial charge on any atom is -0.388 e. The minimum atomic E-state index is -0.239. The zero-order valence-corrected chi connectivity index (χ0v) is 9.82. The molecule has 1 aromatic rings. The van der Waals surface area contributed by atoms with Gasteiger partial charge in [-0.2, -0.15) is 0 Å². The Balaban J connectivity index is 2.02. The molecule has 1 aromatic carbocycles. The molecular weight excluding hydrogens is 198 g/mol. The van der Waals surface area contributed by atoms with Crippen molar-refractivity contribution in [3.63, 3.8) is 0 Å². The quantitative estimate of drug-likeness (QED) is 0.822. The van der Waals surface area contributed by atoms with Crippen molar-refractivity contribution < 1.29 is 5.11 Å². The SMILES string of the molecule is CCCN1CCc2cccc3c2C1CC3O. The summed E-state index contributed by atoms with van der Waals surface area (Å²) in [7, 11) is 0. The van der Waals surface area contributed by atoms with Crippen LogP contribution in [0.15, 0.2) is 18.2 Å². The highest BCUT2D eigenvalue weighted by Crippen LogP contribution is 2.46. The van der Waals surface area contributed by atoms with E-state index in [9.17, 15) is 5.11 Å². The molecule has 1 heterocycles. The average Bonchev–Trinajstić information content (AvgIpc) is 2.63. The fraction of sp³-hybridized carbons (Fsp3) is 0.571. The number of rotatable bonds is 2. The van der Waals surface area contributed by atoms with Crippen LogP contribution in [0.2, 0.25) is 0 Å². The van der Waals surface area contributed by atoms with E-state index >= 15 is 0 Å². The molecule has 0 saturated carbocycles. The van der Waals surface area contributed by atoms with Crippen LogP contribution in [0, 0.1) is 0 Å². The van der Waals surface area contributed by atoms with Gasteiger partial charge in [-0.05, 0) is 42.5 Å². The maximum absolute atomic E-state index is 10.1. The summed E-state index contributed by atoms with van der Waals surface area (Å²) in [5.41, 5.74) is 4.09. The molecule has 2 atom stereocenters. The summed E-state index contributed by atoms with van der Waals surface area (Å²) in [4.78, 5) is 2.54. The Kier molecular flexibility index (Phi) is 2.49. The molecule has 0 saturated heterocycles. The van der Waals surface area contributed by atoms with Gasteiger partial charge in [-0.25, -0.2) is 0 Å². The monoisotopic (exact) mass is 217 g/mol. The van der Waals surface area contributed by atoms with Gasteiger partial charge in [-0.15, -0.1) is 0 Å². The lowest BCUT2D eigenvalue weighted by Crippen LogP contribution is -2.34. The van der Waals surface area contributed by atoms with E-state index < -0.39 is 0 Å². The van der Waals surface area contributed by atoms with E-state index in [4.69, 9.17) is 0 Å². The van der Waals surface area contributed by atoms with Gasteiger partial charge in [0.25, 0.3) is 0 Å². The summed E-state index contributed by atoms with van der Waals surface area (Å²) in [6, 6.07) is 6.90. The first-order chi connectivity index (χ1) is 7.81. The molecule has 1 aliphatic carbocycles. The van der Waals surface area contributed by atoms with Gasteiger partial charge in [-0.1, -0.05) is 25.1 Å². The Bertz CT molecular complexity index is 402. The van der Waals surface area contributed by atoms with Crippen LogP contribution in [0.3, 0.4) is 0 Å². The second kappa shape index (κ2) is 3.86. The Hall–Kier alpha value is -0.860. The van der Waals surface area contributed by atoms with Crippen LogP contribution in [0.25, 0.3) is 0 Å². The van der Waals surface area contributed by atoms with Crippen molar-refractivity contribution in [2.75, 3.05) is 13.1 Å². The molecule has 1 aliphatic heterocycles. The van der Waals surface area contributed by atoms with Crippen molar-refractivity contribution in [2.45, 2.75) is 38.3 Å². The van der Waals surface area contributed by atoms with Crippen molar-refractivity contribution in [3.8, 4) is 0 Å². The third-order valence-corrected chi connectivity index (χ3v) is 3.99. The van der Waals surface area contributed by atoms with Crippen LogP contribution < -0.4 is 0 Å². The number of hydrogen-bond donors (Lipinski definition) is 1. The van der Waals surface area contributed by atoms with Crippen LogP contribution in [0.4, 0.5) is 0 Å². The van der Waals surface area contributed by atoms with Gasteiger partial charge in [-0.3, -0.25) is 4.90 Å². The zero-order valence-electron chi connectivity index (χ0n) is 9.82. The third-order valence-electron chi connectivity index (χ3n) is 3.99. The van der Waals surface area contributed by atoms with Crippen LogP contribution in [-0.4, -0.2) is 23.1 Å². The first-order valence-electron chi connectivity index (χ1n) is 6.35. The largest absolute Gasteiger partial charge is 0.388 e. The highest BCUT2D eigenvalue weighted by molar-refractivity contribution is 5.44. The molecule has 0 fully saturated rings. The molecular formula is C14H19NO. The van der Waals surface area contributed by atoms with Crippen molar-refractivity contribution in [3.05, 3.63) is 34.9 Å². The summed E-state index contributed by atoms with van der Waals surface area (Å²) >= 11 is 0. The Morgan fingerprint density at radius 1 is 1.44 bits per heavy atom. The summed E-state index contributed by atoms with van der Waals surface area (Å²) < 4.78 is 0. The van der Waals surface area contributed by atoms with Gasteiger partial charge in [0.05, 0.1) is 6.10 Å². The van der Waals surface area contributed by atoms with Gasteiger partial charge in [0, 0.05) is 12.6 Å². The van der Waals surface area contributed by atoms with Crippen LogP contribution >= 0.6 is 0 Å². The molecule has 86 valence electrons. The topological polar surface area (TPSA) is 23.5 Å². The number of nitrogens with zero attached hydrogens (tertiary/aromatic N) is 1. The molecule has 2 aliphatic rings. The molecule has 0 radical (unpaired) electrons. The van der Waals surface area contributed by atoms with Crippen molar-refractivity contribution in [2.24, 2.45) is 0 Å². The number of aliphatic hydroxyl groups is 1. The van der Waals surface area contributed by atoms with Crippen LogP contribution in [-0.2, 0) is 6.42 Å². The highest BCUT2D eigenvalue weighted by atomic mass is 16.3. The number of benzene rings is 1. The number of aliphatic hydroxyl groups excluding tert-OH is 1. The Morgan fingerprint density at radius 3 is 3.12 bits per heavy atom. The molecule has 1 N–H and O–H groups in total. The van der Waals surface area contributed by atoms with Crippen molar-refractivity contribution in [1.82, 2.24) is 4.90 Å². The zero-order chi connectivity index (χ0) is 11.1. The van der Waals surface area contributed by atoms with Crippen LogP contribution in [0.5, 0.6) is 0 Å². The number of hydrogen-bond acceptors (Lipinski definition) is 2. The molecule has 0 spiro atoms. The Labute approximate surface area is 96.9 Å². The molecule has 0 aromatic heterocycles. The lowest BCUT2D eigenvalue weighted by atomic mass is 9.93. The van der Waals surface area contributed by atoms with E-state index in [1.54, 1.807) is 0 Å². The van der Waals surface area contributed by atoms with Crippen molar-refractivity contribution in [1.29, 1.82) is 0 Å². The van der Waals surface area contributed by atoms with Gasteiger partial charge < -0.3 is 5.11 Å². The predicted octanol–water partition coefficient (Wildman–Crippen LogP) is 2.43. The summed E-state index contributed by atoms with van der Waals surface area (Å²) in [5.74, 6) is 0. The first-order valence-corrected chi connectivity index (χ1v) is 6.35. The summed E-state index contributed by atoms with van der Waals surface area (Å²) in [5, 5.41) is 10.1. The maximum atomic E-state index is 10.1. The minimum absolute atomic E-state index is 0.239. The molecule has 2 unspecified atom stereocenters. The van der Waals surface area contributed by atoms with Gasteiger partial charge in [0.2, 0.25) is 0 Å². The third kappa shape index (κ3) is 1.40. The van der Waals surface area contributed by atoms with Crippen molar-refractivity contribution >= 4 is 0 Å². The van der Waals surface area contributed by atoms with E-state index in [1.165, 1.54) is 23.1 Å². The van der Waals surface area contributed by atoms with Gasteiger partial charge in [0.1, 0.15) is 0 Å². The maximum Gasteiger partial charge on any atom is 0.0811 e. The smallest absolute Gasteiger partial charge is 0.0811 e. The molecule has 0 amide bonds. The predicted molar refractivity (Wildman–Crippen MR) is 64.3 cm³/mol. The second-order valence-corrected chi connectivity index (χ2v) is 4.97. The van der Waals surface area contributed by atoms with E-state index in [-0.39, 0.29) is 6.10 Å². The normalized spacial score (nSPS) is 28.1. The molecule has 0 bridgehead atoms. The summed E-state index contributed by atoms with van der Waals surface area (Å²) in [6.45, 7) is 4.54. The molecule has 2 heteroatoms. The fourth-order valence-electron chi connectivity index (χ4n) is 3.31. The summed E-state index contributed by atoms with van der Waals surface area (Å²) in [6.07, 6.45) is 3.00. The second-order valence-electron chi connectivity index (χ2n) is 4.97. The molecule has 3 rings (SSSR count).